The summed E-state index contributed by atoms with van der Waals surface area (Å²) in [4.78, 5) is 16.5. The lowest BCUT2D eigenvalue weighted by Gasteiger charge is -2.25. The molecule has 0 aliphatic carbocycles. The molecule has 1 N–H and O–H groups in total. The fourth-order valence-electron chi connectivity index (χ4n) is 2.89. The highest BCUT2D eigenvalue weighted by Gasteiger charge is 2.26. The molecule has 0 unspecified atom stereocenters. The molecule has 0 radical (unpaired) electrons. The molecule has 1 aliphatic rings. The van der Waals surface area contributed by atoms with Crippen molar-refractivity contribution in [2.45, 2.75) is 31.1 Å². The Hall–Kier alpha value is -2.58. The second kappa shape index (κ2) is 8.41. The highest BCUT2D eigenvalue weighted by molar-refractivity contribution is 7.89. The van der Waals surface area contributed by atoms with Crippen molar-refractivity contribution in [3.8, 4) is 0 Å². The number of aromatic nitrogens is 1. The smallest absolute Gasteiger partial charge is 0.267 e. The summed E-state index contributed by atoms with van der Waals surface area (Å²) in [6.45, 7) is 2.80. The van der Waals surface area contributed by atoms with Crippen LogP contribution in [0.1, 0.15) is 42.1 Å². The summed E-state index contributed by atoms with van der Waals surface area (Å²) >= 11 is 0. The van der Waals surface area contributed by atoms with Crippen LogP contribution in [0.2, 0.25) is 0 Å². The van der Waals surface area contributed by atoms with Crippen LogP contribution in [0, 0.1) is 0 Å². The maximum Gasteiger partial charge on any atom is 0.271 e. The fraction of sp³-hybridized carbons (Fsp3) is 0.316. The van der Waals surface area contributed by atoms with Gasteiger partial charge in [0.15, 0.2) is 0 Å². The van der Waals surface area contributed by atoms with Gasteiger partial charge in [0.25, 0.3) is 5.91 Å². The molecule has 2 aromatic rings. The van der Waals surface area contributed by atoms with Crippen molar-refractivity contribution in [3.05, 3.63) is 59.9 Å². The lowest BCUT2D eigenvalue weighted by Crippen LogP contribution is -2.35. The first kappa shape index (κ1) is 19.2. The van der Waals surface area contributed by atoms with Crippen LogP contribution in [0.5, 0.6) is 0 Å². The predicted octanol–water partition coefficient (Wildman–Crippen LogP) is 2.41. The minimum atomic E-state index is -3.58. The van der Waals surface area contributed by atoms with E-state index in [4.69, 9.17) is 0 Å². The Labute approximate surface area is 159 Å². The molecule has 1 amide bonds. The van der Waals surface area contributed by atoms with Gasteiger partial charge >= 0.3 is 0 Å². The van der Waals surface area contributed by atoms with E-state index in [1.807, 2.05) is 6.07 Å². The number of pyridine rings is 1. The fourth-order valence-corrected chi connectivity index (χ4v) is 4.46. The quantitative estimate of drug-likeness (QED) is 0.631. The third kappa shape index (κ3) is 4.58. The van der Waals surface area contributed by atoms with E-state index in [-0.39, 0.29) is 10.5 Å². The molecular formula is C19H22N4O3S. The van der Waals surface area contributed by atoms with Crippen molar-refractivity contribution in [1.82, 2.24) is 14.7 Å². The van der Waals surface area contributed by atoms with E-state index in [1.54, 1.807) is 37.5 Å². The second-order valence-corrected chi connectivity index (χ2v) is 8.31. The van der Waals surface area contributed by atoms with Crippen LogP contribution in [0.4, 0.5) is 0 Å². The van der Waals surface area contributed by atoms with Gasteiger partial charge in [0.05, 0.1) is 10.6 Å². The molecule has 0 bridgehead atoms. The summed E-state index contributed by atoms with van der Waals surface area (Å²) < 4.78 is 27.0. The Morgan fingerprint density at radius 2 is 1.85 bits per heavy atom. The van der Waals surface area contributed by atoms with Crippen LogP contribution in [0.15, 0.2) is 58.8 Å². The molecule has 1 aromatic carbocycles. The van der Waals surface area contributed by atoms with Crippen LogP contribution in [0.3, 0.4) is 0 Å². The van der Waals surface area contributed by atoms with E-state index in [2.05, 4.69) is 15.5 Å². The molecular weight excluding hydrogens is 364 g/mol. The first-order chi connectivity index (χ1) is 13.0. The first-order valence-corrected chi connectivity index (χ1v) is 10.3. The average Bonchev–Trinajstić information content (AvgIpc) is 2.73. The van der Waals surface area contributed by atoms with Gasteiger partial charge in [0.1, 0.15) is 0 Å². The molecule has 7 nitrogen and oxygen atoms in total. The average molecular weight is 386 g/mol. The predicted molar refractivity (Wildman–Crippen MR) is 103 cm³/mol. The number of hydrazone groups is 1. The molecule has 1 fully saturated rings. The van der Waals surface area contributed by atoms with Gasteiger partial charge in [-0.2, -0.15) is 9.41 Å². The molecule has 1 saturated heterocycles. The summed E-state index contributed by atoms with van der Waals surface area (Å²) in [7, 11) is -3.58. The lowest BCUT2D eigenvalue weighted by atomic mass is 10.2. The number of piperidine rings is 1. The van der Waals surface area contributed by atoms with E-state index in [9.17, 15) is 13.2 Å². The normalized spacial score (nSPS) is 16.1. The van der Waals surface area contributed by atoms with Crippen molar-refractivity contribution in [3.63, 3.8) is 0 Å². The molecule has 3 rings (SSSR count). The van der Waals surface area contributed by atoms with Crippen molar-refractivity contribution in [2.75, 3.05) is 13.1 Å². The van der Waals surface area contributed by atoms with E-state index >= 15 is 0 Å². The minimum Gasteiger partial charge on any atom is -0.267 e. The molecule has 1 aliphatic heterocycles. The van der Waals surface area contributed by atoms with Gasteiger partial charge in [-0.1, -0.05) is 18.6 Å². The number of amides is 1. The minimum absolute atomic E-state index is 0.130. The number of hydrogen-bond donors (Lipinski definition) is 1. The summed E-state index contributed by atoms with van der Waals surface area (Å²) in [5.74, 6) is -0.464. The standard InChI is InChI=1S/C19H22N4O3S/c1-15(17-8-6-10-20-14-17)21-22-19(24)16-7-5-9-18(13-16)27(25,26)23-11-3-2-4-12-23/h5-10,13-14H,2-4,11-12H2,1H3,(H,22,24)/b21-15+. The molecule has 142 valence electrons. The number of carbonyl (C=O) groups is 1. The molecule has 0 spiro atoms. The highest BCUT2D eigenvalue weighted by Crippen LogP contribution is 2.21. The topological polar surface area (TPSA) is 91.7 Å². The summed E-state index contributed by atoms with van der Waals surface area (Å²) in [6, 6.07) is 9.68. The third-order valence-corrected chi connectivity index (χ3v) is 6.35. The zero-order valence-corrected chi connectivity index (χ0v) is 15.9. The van der Waals surface area contributed by atoms with Gasteiger partial charge in [0, 0.05) is 36.6 Å². The monoisotopic (exact) mass is 386 g/mol. The Morgan fingerprint density at radius 3 is 2.56 bits per heavy atom. The van der Waals surface area contributed by atoms with Gasteiger partial charge in [-0.25, -0.2) is 13.8 Å². The number of sulfonamides is 1. The number of carbonyl (C=O) groups excluding carboxylic acids is 1. The van der Waals surface area contributed by atoms with Gasteiger partial charge in [-0.15, -0.1) is 0 Å². The maximum absolute atomic E-state index is 12.8. The van der Waals surface area contributed by atoms with Crippen LogP contribution >= 0.6 is 0 Å². The Kier molecular flexibility index (Phi) is 5.98. The number of hydrogen-bond acceptors (Lipinski definition) is 5. The number of nitrogens with one attached hydrogen (secondary N) is 1. The molecule has 8 heteroatoms. The van der Waals surface area contributed by atoms with E-state index in [0.29, 0.717) is 18.8 Å². The molecule has 0 saturated carbocycles. The van der Waals surface area contributed by atoms with Crippen LogP contribution in [0.25, 0.3) is 0 Å². The Morgan fingerprint density at radius 1 is 1.11 bits per heavy atom. The zero-order chi connectivity index (χ0) is 19.3. The number of benzene rings is 1. The number of nitrogens with zero attached hydrogens (tertiary/aromatic N) is 3. The van der Waals surface area contributed by atoms with Gasteiger partial charge < -0.3 is 0 Å². The third-order valence-electron chi connectivity index (χ3n) is 4.45. The second-order valence-electron chi connectivity index (χ2n) is 6.37. The van der Waals surface area contributed by atoms with Crippen molar-refractivity contribution >= 4 is 21.6 Å². The Balaban J connectivity index is 1.76. The van der Waals surface area contributed by atoms with Crippen molar-refractivity contribution < 1.29 is 13.2 Å². The molecule has 27 heavy (non-hydrogen) atoms. The highest BCUT2D eigenvalue weighted by atomic mass is 32.2. The van der Waals surface area contributed by atoms with Crippen molar-refractivity contribution in [2.24, 2.45) is 5.10 Å². The van der Waals surface area contributed by atoms with E-state index < -0.39 is 15.9 Å². The van der Waals surface area contributed by atoms with Crippen LogP contribution < -0.4 is 5.43 Å². The Bertz CT molecular complexity index is 936. The largest absolute Gasteiger partial charge is 0.271 e. The van der Waals surface area contributed by atoms with Crippen LogP contribution in [-0.4, -0.2) is 42.4 Å². The lowest BCUT2D eigenvalue weighted by molar-refractivity contribution is 0.0954. The summed E-state index contributed by atoms with van der Waals surface area (Å²) in [6.07, 6.45) is 6.08. The summed E-state index contributed by atoms with van der Waals surface area (Å²) in [5.41, 5.74) is 4.11. The maximum atomic E-state index is 12.8. The number of rotatable bonds is 5. The van der Waals surface area contributed by atoms with Gasteiger partial charge in [-0.3, -0.25) is 9.78 Å². The van der Waals surface area contributed by atoms with Crippen LogP contribution in [-0.2, 0) is 10.0 Å². The first-order valence-electron chi connectivity index (χ1n) is 8.84. The SMILES string of the molecule is C/C(=N\NC(=O)c1cccc(S(=O)(=O)N2CCCCC2)c1)c1cccnc1. The zero-order valence-electron chi connectivity index (χ0n) is 15.1. The van der Waals surface area contributed by atoms with Gasteiger partial charge in [0.2, 0.25) is 10.0 Å². The van der Waals surface area contributed by atoms with Gasteiger partial charge in [-0.05, 0) is 44.0 Å². The molecule has 1 aromatic heterocycles. The summed E-state index contributed by atoms with van der Waals surface area (Å²) in [5, 5.41) is 4.07. The van der Waals surface area contributed by atoms with Crippen molar-refractivity contribution in [1.29, 1.82) is 0 Å². The molecule has 2 heterocycles. The van der Waals surface area contributed by atoms with E-state index in [1.165, 1.54) is 16.4 Å². The molecule has 0 atom stereocenters. The van der Waals surface area contributed by atoms with E-state index in [0.717, 1.165) is 24.8 Å².